The summed E-state index contributed by atoms with van der Waals surface area (Å²) in [5.41, 5.74) is -0.298. The molecule has 58 heavy (non-hydrogen) atoms. The molecule has 4 fully saturated rings. The number of esters is 1. The number of likely N-dealkylation sites (tertiary alicyclic amines) is 1. The average Bonchev–Trinajstić information content (AvgIpc) is 3.83. The number of pyridine rings is 1. The first kappa shape index (κ1) is 41.9. The molecule has 4 aliphatic rings. The van der Waals surface area contributed by atoms with Gasteiger partial charge in [0, 0.05) is 36.1 Å². The molecule has 1 aliphatic heterocycles. The predicted molar refractivity (Wildman–Crippen MR) is 219 cm³/mol. The number of carboxylic acid groups (broad SMARTS) is 1. The lowest BCUT2D eigenvalue weighted by Crippen LogP contribution is -2.48. The van der Waals surface area contributed by atoms with Crippen LogP contribution in [-0.2, 0) is 30.3 Å². The van der Waals surface area contributed by atoms with Gasteiger partial charge in [0.1, 0.15) is 28.7 Å². The van der Waals surface area contributed by atoms with E-state index in [1.165, 1.54) is 22.7 Å². The fourth-order valence-corrected chi connectivity index (χ4v) is 10.4. The third kappa shape index (κ3) is 8.69. The summed E-state index contributed by atoms with van der Waals surface area (Å²) in [6.45, 7) is 18.9. The van der Waals surface area contributed by atoms with E-state index in [0.29, 0.717) is 58.6 Å². The number of nitrogens with zero attached hydrogens (tertiary/aromatic N) is 4. The molecule has 2 aromatic heterocycles. The van der Waals surface area contributed by atoms with Gasteiger partial charge in [-0.25, -0.2) is 16.5 Å². The number of carbonyl (C=O) groups excluding carboxylic acids is 3. The number of carbonyl (C=O) groups is 4. The Morgan fingerprint density at radius 1 is 1.07 bits per heavy atom. The summed E-state index contributed by atoms with van der Waals surface area (Å²) in [6, 6.07) is 4.22. The molecule has 14 heteroatoms. The Balaban J connectivity index is 1.21. The molecule has 3 aliphatic carbocycles. The number of thiazole rings is 1. The first-order valence-corrected chi connectivity index (χ1v) is 21.7. The van der Waals surface area contributed by atoms with E-state index in [-0.39, 0.29) is 67.0 Å². The van der Waals surface area contributed by atoms with Crippen molar-refractivity contribution in [2.75, 3.05) is 13.3 Å². The summed E-state index contributed by atoms with van der Waals surface area (Å²) in [4.78, 5) is 69.6. The van der Waals surface area contributed by atoms with Crippen LogP contribution >= 0.6 is 22.9 Å². The number of ether oxygens (including phenoxy) is 3. The van der Waals surface area contributed by atoms with Crippen molar-refractivity contribution in [3.63, 3.8) is 0 Å². The van der Waals surface area contributed by atoms with Crippen LogP contribution in [0.3, 0.4) is 0 Å². The molecule has 1 amide bonds. The lowest BCUT2D eigenvalue weighted by molar-refractivity contribution is -0.157. The molecule has 3 heterocycles. The monoisotopic (exact) mass is 832 g/mol. The molecular weight excluding hydrogens is 780 g/mol. The Hall–Kier alpha value is -4.28. The van der Waals surface area contributed by atoms with Gasteiger partial charge in [-0.05, 0) is 66.9 Å². The number of halogens is 1. The van der Waals surface area contributed by atoms with Crippen molar-refractivity contribution >= 4 is 57.5 Å². The van der Waals surface area contributed by atoms with Crippen LogP contribution < -0.4 is 9.47 Å². The van der Waals surface area contributed by atoms with Gasteiger partial charge in [0.15, 0.2) is 5.78 Å². The van der Waals surface area contributed by atoms with Crippen LogP contribution in [0.15, 0.2) is 23.6 Å². The Morgan fingerprint density at radius 3 is 2.45 bits per heavy atom. The van der Waals surface area contributed by atoms with E-state index in [4.69, 9.17) is 42.4 Å². The minimum Gasteiger partial charge on any atom is -0.488 e. The molecule has 1 N–H and O–H groups in total. The Labute approximate surface area is 348 Å². The highest BCUT2D eigenvalue weighted by atomic mass is 35.5. The molecule has 0 radical (unpaired) electrons. The topological polar surface area (TPSA) is 150 Å². The van der Waals surface area contributed by atoms with Gasteiger partial charge in [0.05, 0.1) is 52.3 Å². The standard InChI is InChI=1S/C44H53ClN4O8S/c1-8-26-18-44(26,42(53)54)19-34(50)33-15-28(20-49(33)41(52)30(43(4,5)6)16-38(51)57-27-13-24-12-25(24)14-27)56-36-17-31(32-21-58-37(47-32)11-23(2)3)48-40-29(36)9-10-35(39(40)45)55-22-46-7/h9-10,17,21,23-28,30,33H,8,11-16,18-20,22H2,1-6H3,(H,53,54)/t24-,25+,26-,27?,28-,30-,33+,44-/m1/s1. The van der Waals surface area contributed by atoms with Crippen molar-refractivity contribution in [3.05, 3.63) is 45.0 Å². The van der Waals surface area contributed by atoms with Gasteiger partial charge < -0.3 is 24.2 Å². The van der Waals surface area contributed by atoms with Crippen molar-refractivity contribution in [1.29, 1.82) is 0 Å². The number of aliphatic carboxylic acids is 1. The van der Waals surface area contributed by atoms with Crippen molar-refractivity contribution in [2.24, 2.45) is 40.4 Å². The first-order chi connectivity index (χ1) is 27.5. The molecule has 8 atom stereocenters. The Morgan fingerprint density at radius 2 is 1.81 bits per heavy atom. The zero-order valence-corrected chi connectivity index (χ0v) is 35.7. The van der Waals surface area contributed by atoms with E-state index >= 15 is 0 Å². The molecule has 3 saturated carbocycles. The number of hydrogen-bond acceptors (Lipinski definition) is 10. The van der Waals surface area contributed by atoms with E-state index in [2.05, 4.69) is 18.7 Å². The van der Waals surface area contributed by atoms with Crippen LogP contribution in [0.4, 0.5) is 0 Å². The minimum atomic E-state index is -1.16. The van der Waals surface area contributed by atoms with Gasteiger partial charge in [-0.3, -0.25) is 24.0 Å². The third-order valence-corrected chi connectivity index (χ3v) is 13.8. The molecule has 1 saturated heterocycles. The number of ketones is 1. The summed E-state index contributed by atoms with van der Waals surface area (Å²) < 4.78 is 18.3. The van der Waals surface area contributed by atoms with Gasteiger partial charge in [-0.15, -0.1) is 11.3 Å². The maximum Gasteiger partial charge on any atom is 0.357 e. The van der Waals surface area contributed by atoms with Crippen molar-refractivity contribution in [3.8, 4) is 22.9 Å². The second kappa shape index (κ2) is 16.4. The number of hydrogen-bond donors (Lipinski definition) is 1. The lowest BCUT2D eigenvalue weighted by atomic mass is 9.77. The van der Waals surface area contributed by atoms with E-state index in [0.717, 1.165) is 24.3 Å². The molecule has 12 nitrogen and oxygen atoms in total. The minimum absolute atomic E-state index is 0.0362. The summed E-state index contributed by atoms with van der Waals surface area (Å²) >= 11 is 8.42. The van der Waals surface area contributed by atoms with Crippen molar-refractivity contribution in [1.82, 2.24) is 14.9 Å². The first-order valence-electron chi connectivity index (χ1n) is 20.5. The van der Waals surface area contributed by atoms with E-state index in [1.807, 2.05) is 33.1 Å². The van der Waals surface area contributed by atoms with E-state index < -0.39 is 40.8 Å². The number of amides is 1. The van der Waals surface area contributed by atoms with Gasteiger partial charge in [0.25, 0.3) is 0 Å². The summed E-state index contributed by atoms with van der Waals surface area (Å²) in [5, 5.41) is 13.9. The molecule has 0 bridgehead atoms. The zero-order chi connectivity index (χ0) is 41.7. The quantitative estimate of drug-likeness (QED) is 0.110. The number of carboxylic acids is 1. The fraction of sp³-hybridized carbons (Fsp3) is 0.614. The summed E-state index contributed by atoms with van der Waals surface area (Å²) in [7, 11) is 0. The lowest BCUT2D eigenvalue weighted by Gasteiger charge is -2.35. The number of fused-ring (bicyclic) bond motifs is 2. The number of rotatable bonds is 16. The van der Waals surface area contributed by atoms with Crippen molar-refractivity contribution in [2.45, 2.75) is 118 Å². The van der Waals surface area contributed by atoms with Crippen molar-refractivity contribution < 1.29 is 38.5 Å². The highest BCUT2D eigenvalue weighted by molar-refractivity contribution is 7.09. The van der Waals surface area contributed by atoms with Gasteiger partial charge >= 0.3 is 18.7 Å². The highest BCUT2D eigenvalue weighted by Gasteiger charge is 2.61. The molecule has 1 unspecified atom stereocenters. The summed E-state index contributed by atoms with van der Waals surface area (Å²) in [5.74, 6) is -0.664. The molecule has 310 valence electrons. The normalized spacial score (nSPS) is 26.6. The van der Waals surface area contributed by atoms with Crippen LogP contribution in [0.5, 0.6) is 11.5 Å². The SMILES string of the molecule is [C-]#[N+]COc1ccc2c(O[C@@H]3C[C@@H](C(=O)C[C@]4(C(=O)O)C[C@H]4CC)N(C(=O)[C@@H](CC(=O)OC4C[C@@H]5C[C@@H]5C4)C(C)(C)C)C3)cc(-c3csc(CC(C)C)n3)nc2c1Cl. The smallest absolute Gasteiger partial charge is 0.357 e. The molecular formula is C44H53ClN4O8S. The fourth-order valence-electron chi connectivity index (χ4n) is 9.15. The van der Waals surface area contributed by atoms with Crippen LogP contribution in [0.2, 0.25) is 5.02 Å². The highest BCUT2D eigenvalue weighted by Crippen LogP contribution is 2.58. The molecule has 3 aromatic rings. The summed E-state index contributed by atoms with van der Waals surface area (Å²) in [6.07, 6.45) is 3.77. The zero-order valence-electron chi connectivity index (χ0n) is 34.1. The van der Waals surface area contributed by atoms with Gasteiger partial charge in [-0.2, -0.15) is 0 Å². The van der Waals surface area contributed by atoms with Crippen LogP contribution in [0, 0.1) is 47.0 Å². The van der Waals surface area contributed by atoms with Crippen LogP contribution in [0.25, 0.3) is 27.1 Å². The number of aromatic nitrogens is 2. The van der Waals surface area contributed by atoms with E-state index in [9.17, 15) is 24.3 Å². The van der Waals surface area contributed by atoms with Gasteiger partial charge in [-0.1, -0.05) is 59.6 Å². The van der Waals surface area contributed by atoms with Crippen LogP contribution in [0.1, 0.15) is 97.9 Å². The molecule has 1 aromatic carbocycles. The Bertz CT molecular complexity index is 2130. The average molecular weight is 833 g/mol. The third-order valence-electron chi connectivity index (χ3n) is 12.6. The molecule has 0 spiro atoms. The number of benzene rings is 1. The maximum atomic E-state index is 14.8. The van der Waals surface area contributed by atoms with Gasteiger partial charge in [0.2, 0.25) is 5.91 Å². The van der Waals surface area contributed by atoms with E-state index in [1.54, 1.807) is 18.2 Å². The molecule has 7 rings (SSSR count). The largest absolute Gasteiger partial charge is 0.488 e. The maximum absolute atomic E-state index is 14.8. The van der Waals surface area contributed by atoms with Crippen LogP contribution in [-0.4, -0.2) is 75.1 Å². The number of Topliss-reactive ketones (excluding diaryl/α,β-unsaturated/α-hetero) is 1. The second-order valence-electron chi connectivity index (χ2n) is 18.3. The predicted octanol–water partition coefficient (Wildman–Crippen LogP) is 8.67. The Kier molecular flexibility index (Phi) is 11.8. The second-order valence-corrected chi connectivity index (χ2v) is 19.6.